The van der Waals surface area contributed by atoms with Crippen molar-refractivity contribution in [3.8, 4) is 16.9 Å². The molecule has 0 aliphatic heterocycles. The maximum absolute atomic E-state index is 10.6. The number of phenolic OH excluding ortho intramolecular Hbond substituents is 1. The summed E-state index contributed by atoms with van der Waals surface area (Å²) in [7, 11) is 0. The molecule has 2 aromatic rings. The van der Waals surface area contributed by atoms with Crippen molar-refractivity contribution in [1.82, 2.24) is 0 Å². The quantitative estimate of drug-likeness (QED) is 0.580. The second-order valence-corrected chi connectivity index (χ2v) is 6.65. The molecule has 1 N–H and O–H groups in total. The molecule has 0 aromatic heterocycles. The average molecular weight is 310 g/mol. The largest absolute Gasteiger partial charge is 0.507 e. The lowest BCUT2D eigenvalue weighted by molar-refractivity contribution is 0.476. The van der Waals surface area contributed by atoms with E-state index in [9.17, 15) is 5.11 Å². The molecular weight excluding hydrogens is 280 g/mol. The lowest BCUT2D eigenvalue weighted by Crippen LogP contribution is -2.01. The van der Waals surface area contributed by atoms with Gasteiger partial charge in [0.2, 0.25) is 0 Å². The van der Waals surface area contributed by atoms with Crippen LogP contribution in [0.3, 0.4) is 0 Å². The SMILES string of the molecule is CCCCCc1c(CC)ccc(O)c1-c1ccccc1C(C)C. The predicted octanol–water partition coefficient (Wildman–Crippen LogP) is 6.48. The molecule has 0 heterocycles. The average Bonchev–Trinajstić information content (AvgIpc) is 2.55. The molecule has 2 rings (SSSR count). The molecule has 0 aliphatic carbocycles. The number of unbranched alkanes of at least 4 members (excludes halogenated alkanes) is 2. The van der Waals surface area contributed by atoms with Gasteiger partial charge in [-0.15, -0.1) is 0 Å². The van der Waals surface area contributed by atoms with Gasteiger partial charge in [0.05, 0.1) is 0 Å². The van der Waals surface area contributed by atoms with Gasteiger partial charge in [-0.25, -0.2) is 0 Å². The van der Waals surface area contributed by atoms with E-state index < -0.39 is 0 Å². The summed E-state index contributed by atoms with van der Waals surface area (Å²) in [6, 6.07) is 12.5. The first-order valence-corrected chi connectivity index (χ1v) is 9.03. The Hall–Kier alpha value is -1.76. The summed E-state index contributed by atoms with van der Waals surface area (Å²) in [5.74, 6) is 0.862. The van der Waals surface area contributed by atoms with Gasteiger partial charge >= 0.3 is 0 Å². The summed E-state index contributed by atoms with van der Waals surface area (Å²) in [4.78, 5) is 0. The zero-order valence-corrected chi connectivity index (χ0v) is 15.0. The van der Waals surface area contributed by atoms with Gasteiger partial charge in [0, 0.05) is 5.56 Å². The summed E-state index contributed by atoms with van der Waals surface area (Å²) < 4.78 is 0. The van der Waals surface area contributed by atoms with E-state index in [-0.39, 0.29) is 0 Å². The molecule has 1 heteroatoms. The molecule has 23 heavy (non-hydrogen) atoms. The molecule has 0 aliphatic rings. The van der Waals surface area contributed by atoms with E-state index in [1.807, 2.05) is 6.07 Å². The second kappa shape index (κ2) is 8.19. The first-order chi connectivity index (χ1) is 11.1. The Bertz CT molecular complexity index is 640. The van der Waals surface area contributed by atoms with Crippen molar-refractivity contribution in [2.75, 3.05) is 0 Å². The number of benzene rings is 2. The molecule has 0 spiro atoms. The normalized spacial score (nSPS) is 11.2. The first-order valence-electron chi connectivity index (χ1n) is 9.03. The van der Waals surface area contributed by atoms with Gasteiger partial charge in [0.1, 0.15) is 5.75 Å². The Balaban J connectivity index is 2.61. The van der Waals surface area contributed by atoms with Crippen molar-refractivity contribution in [2.45, 2.75) is 65.7 Å². The van der Waals surface area contributed by atoms with E-state index in [1.54, 1.807) is 0 Å². The van der Waals surface area contributed by atoms with Crippen molar-refractivity contribution in [1.29, 1.82) is 0 Å². The fraction of sp³-hybridized carbons (Fsp3) is 0.455. The molecule has 0 saturated heterocycles. The number of phenols is 1. The molecule has 0 unspecified atom stereocenters. The van der Waals surface area contributed by atoms with Crippen LogP contribution >= 0.6 is 0 Å². The molecule has 0 saturated carbocycles. The van der Waals surface area contributed by atoms with Crippen LogP contribution in [-0.4, -0.2) is 5.11 Å². The van der Waals surface area contributed by atoms with Crippen molar-refractivity contribution in [2.24, 2.45) is 0 Å². The van der Waals surface area contributed by atoms with Gasteiger partial charge in [-0.05, 0) is 53.5 Å². The molecule has 1 nitrogen and oxygen atoms in total. The Morgan fingerprint density at radius 2 is 1.70 bits per heavy atom. The van der Waals surface area contributed by atoms with Gasteiger partial charge in [-0.3, -0.25) is 0 Å². The highest BCUT2D eigenvalue weighted by Gasteiger charge is 2.17. The van der Waals surface area contributed by atoms with Crippen LogP contribution in [0, 0.1) is 0 Å². The molecule has 0 amide bonds. The van der Waals surface area contributed by atoms with Crippen LogP contribution in [0.25, 0.3) is 11.1 Å². The highest BCUT2D eigenvalue weighted by Crippen LogP contribution is 2.39. The molecule has 2 aromatic carbocycles. The third kappa shape index (κ3) is 3.96. The minimum Gasteiger partial charge on any atom is -0.507 e. The minimum atomic E-state index is 0.418. The van der Waals surface area contributed by atoms with Crippen molar-refractivity contribution in [3.63, 3.8) is 0 Å². The van der Waals surface area contributed by atoms with E-state index >= 15 is 0 Å². The third-order valence-corrected chi connectivity index (χ3v) is 4.65. The Labute approximate surface area is 141 Å². The summed E-state index contributed by atoms with van der Waals surface area (Å²) >= 11 is 0. The predicted molar refractivity (Wildman–Crippen MR) is 100 cm³/mol. The monoisotopic (exact) mass is 310 g/mol. The Morgan fingerprint density at radius 1 is 0.957 bits per heavy atom. The van der Waals surface area contributed by atoms with Crippen LogP contribution in [0.15, 0.2) is 36.4 Å². The second-order valence-electron chi connectivity index (χ2n) is 6.65. The summed E-state index contributed by atoms with van der Waals surface area (Å²) in [5, 5.41) is 10.6. The lowest BCUT2D eigenvalue weighted by Gasteiger charge is -2.20. The van der Waals surface area contributed by atoms with Crippen LogP contribution < -0.4 is 0 Å². The first kappa shape index (κ1) is 17.6. The summed E-state index contributed by atoms with van der Waals surface area (Å²) in [5.41, 5.74) is 6.28. The number of hydrogen-bond donors (Lipinski definition) is 1. The molecular formula is C22H30O. The number of rotatable bonds is 7. The summed E-state index contributed by atoms with van der Waals surface area (Å²) in [6.45, 7) is 8.87. The lowest BCUT2D eigenvalue weighted by atomic mass is 9.85. The van der Waals surface area contributed by atoms with Gasteiger partial charge in [0.25, 0.3) is 0 Å². The maximum Gasteiger partial charge on any atom is 0.123 e. The Morgan fingerprint density at radius 3 is 2.35 bits per heavy atom. The van der Waals surface area contributed by atoms with Gasteiger partial charge in [-0.1, -0.05) is 70.9 Å². The molecule has 0 atom stereocenters. The van der Waals surface area contributed by atoms with Gasteiger partial charge in [0.15, 0.2) is 0 Å². The van der Waals surface area contributed by atoms with Crippen LogP contribution in [0.5, 0.6) is 5.75 Å². The number of aromatic hydroxyl groups is 1. The summed E-state index contributed by atoms with van der Waals surface area (Å²) in [6.07, 6.45) is 5.71. The van der Waals surface area contributed by atoms with Crippen LogP contribution in [-0.2, 0) is 12.8 Å². The van der Waals surface area contributed by atoms with E-state index in [4.69, 9.17) is 0 Å². The maximum atomic E-state index is 10.6. The van der Waals surface area contributed by atoms with Crippen molar-refractivity contribution >= 4 is 0 Å². The molecule has 0 fully saturated rings. The van der Waals surface area contributed by atoms with Gasteiger partial charge < -0.3 is 5.11 Å². The van der Waals surface area contributed by atoms with E-state index in [0.29, 0.717) is 11.7 Å². The topological polar surface area (TPSA) is 20.2 Å². The van der Waals surface area contributed by atoms with Gasteiger partial charge in [-0.2, -0.15) is 0 Å². The fourth-order valence-corrected chi connectivity index (χ4v) is 3.38. The van der Waals surface area contributed by atoms with Crippen LogP contribution in [0.2, 0.25) is 0 Å². The molecule has 124 valence electrons. The third-order valence-electron chi connectivity index (χ3n) is 4.65. The fourth-order valence-electron chi connectivity index (χ4n) is 3.38. The van der Waals surface area contributed by atoms with Crippen molar-refractivity contribution < 1.29 is 5.11 Å². The smallest absolute Gasteiger partial charge is 0.123 e. The van der Waals surface area contributed by atoms with E-state index in [0.717, 1.165) is 18.4 Å². The van der Waals surface area contributed by atoms with Crippen molar-refractivity contribution in [3.05, 3.63) is 53.1 Å². The zero-order valence-electron chi connectivity index (χ0n) is 15.0. The number of aryl methyl sites for hydroxylation is 1. The number of hydrogen-bond acceptors (Lipinski definition) is 1. The van der Waals surface area contributed by atoms with Crippen LogP contribution in [0.1, 0.15) is 69.6 Å². The zero-order chi connectivity index (χ0) is 16.8. The molecule has 0 bridgehead atoms. The van der Waals surface area contributed by atoms with E-state index in [1.165, 1.54) is 41.5 Å². The minimum absolute atomic E-state index is 0.418. The standard InChI is InChI=1S/C22H30O/c1-5-7-8-12-19-17(6-2)14-15-21(23)22(19)20-13-10-9-11-18(20)16(3)4/h9-11,13-16,23H,5-8,12H2,1-4H3. The van der Waals surface area contributed by atoms with Crippen LogP contribution in [0.4, 0.5) is 0 Å². The molecule has 0 radical (unpaired) electrons. The highest BCUT2D eigenvalue weighted by atomic mass is 16.3. The highest BCUT2D eigenvalue weighted by molar-refractivity contribution is 5.78. The Kier molecular flexibility index (Phi) is 6.27. The van der Waals surface area contributed by atoms with E-state index in [2.05, 4.69) is 58.0 Å².